The number of phenolic OH excluding ortho intramolecular Hbond substituents is 1. The van der Waals surface area contributed by atoms with Crippen molar-refractivity contribution in [3.63, 3.8) is 0 Å². The first-order valence-electron chi connectivity index (χ1n) is 5.93. The number of piperidine rings is 1. The number of ether oxygens (including phenoxy) is 1. The number of hydrogen-bond acceptors (Lipinski definition) is 5. The number of benzene rings is 1. The quantitative estimate of drug-likeness (QED) is 0.642. The molecule has 2 atom stereocenters. The first-order chi connectivity index (χ1) is 9.43. The molecule has 0 unspecified atom stereocenters. The van der Waals surface area contributed by atoms with Crippen LogP contribution < -0.4 is 10.1 Å². The molecule has 2 N–H and O–H groups in total. The van der Waals surface area contributed by atoms with Gasteiger partial charge in [-0.05, 0) is 33.6 Å². The maximum Gasteiger partial charge on any atom is 0.237 e. The maximum atomic E-state index is 11.5. The second kappa shape index (κ2) is 5.66. The molecule has 2 rings (SSSR count). The largest absolute Gasteiger partial charge is 0.503 e. The van der Waals surface area contributed by atoms with E-state index in [0.29, 0.717) is 10.0 Å². The van der Waals surface area contributed by atoms with Crippen LogP contribution in [0.25, 0.3) is 0 Å². The van der Waals surface area contributed by atoms with Crippen LogP contribution in [-0.2, 0) is 4.79 Å². The summed E-state index contributed by atoms with van der Waals surface area (Å²) >= 11 is 3.16. The average molecular weight is 345 g/mol. The fourth-order valence-electron chi connectivity index (χ4n) is 2.25. The SMILES string of the molecule is COc1cc([C@@H]2NC(=O)CC[C@@H]2[N+](=O)[O-])cc(Br)c1O. The summed E-state index contributed by atoms with van der Waals surface area (Å²) in [6.45, 7) is 0. The predicted molar refractivity (Wildman–Crippen MR) is 73.3 cm³/mol. The molecule has 1 aliphatic heterocycles. The summed E-state index contributed by atoms with van der Waals surface area (Å²) in [5.41, 5.74) is 0.515. The highest BCUT2D eigenvalue weighted by atomic mass is 79.9. The zero-order valence-electron chi connectivity index (χ0n) is 10.6. The van der Waals surface area contributed by atoms with Gasteiger partial charge in [-0.25, -0.2) is 0 Å². The molecular formula is C12H13BrN2O5. The van der Waals surface area contributed by atoms with Crippen molar-refractivity contribution >= 4 is 21.8 Å². The van der Waals surface area contributed by atoms with E-state index in [1.165, 1.54) is 13.2 Å². The Balaban J connectivity index is 2.43. The zero-order chi connectivity index (χ0) is 14.9. The van der Waals surface area contributed by atoms with E-state index in [-0.39, 0.29) is 30.2 Å². The van der Waals surface area contributed by atoms with Crippen LogP contribution in [0.1, 0.15) is 24.4 Å². The number of phenols is 1. The van der Waals surface area contributed by atoms with Gasteiger partial charge < -0.3 is 15.2 Å². The number of halogens is 1. The minimum absolute atomic E-state index is 0.0870. The number of rotatable bonds is 3. The summed E-state index contributed by atoms with van der Waals surface area (Å²) in [7, 11) is 1.38. The van der Waals surface area contributed by atoms with Gasteiger partial charge in [-0.2, -0.15) is 0 Å². The van der Waals surface area contributed by atoms with Crippen LogP contribution in [0.5, 0.6) is 11.5 Å². The van der Waals surface area contributed by atoms with Gasteiger partial charge in [0.05, 0.1) is 11.6 Å². The molecule has 0 radical (unpaired) electrons. The summed E-state index contributed by atoms with van der Waals surface area (Å²) in [6.07, 6.45) is 0.322. The molecule has 1 aromatic rings. The highest BCUT2D eigenvalue weighted by Gasteiger charge is 2.38. The fraction of sp³-hybridized carbons (Fsp3) is 0.417. The molecule has 1 fully saturated rings. The minimum Gasteiger partial charge on any atom is -0.503 e. The molecular weight excluding hydrogens is 332 g/mol. The summed E-state index contributed by atoms with van der Waals surface area (Å²) in [6, 6.07) is 1.41. The van der Waals surface area contributed by atoms with E-state index >= 15 is 0 Å². The summed E-state index contributed by atoms with van der Waals surface area (Å²) in [5.74, 6) is -0.122. The molecule has 1 heterocycles. The third-order valence-corrected chi connectivity index (χ3v) is 3.87. The highest BCUT2D eigenvalue weighted by molar-refractivity contribution is 9.10. The molecule has 1 aliphatic rings. The van der Waals surface area contributed by atoms with E-state index in [9.17, 15) is 20.0 Å². The summed E-state index contributed by atoms with van der Waals surface area (Å²) in [4.78, 5) is 22.2. The van der Waals surface area contributed by atoms with Crippen LogP contribution >= 0.6 is 15.9 Å². The average Bonchev–Trinajstić information content (AvgIpc) is 2.41. The standard InChI is InChI=1S/C12H13BrN2O5/c1-20-9-5-6(4-7(13)12(9)17)11-8(15(18)19)2-3-10(16)14-11/h4-5,8,11,17H,2-3H2,1H3,(H,14,16)/t8-,11-/m0/s1. The second-order valence-electron chi connectivity index (χ2n) is 4.49. The van der Waals surface area contributed by atoms with Crippen LogP contribution in [0.2, 0.25) is 0 Å². The van der Waals surface area contributed by atoms with Gasteiger partial charge in [-0.3, -0.25) is 14.9 Å². The Bertz CT molecular complexity index is 563. The lowest BCUT2D eigenvalue weighted by atomic mass is 9.92. The van der Waals surface area contributed by atoms with Crippen molar-refractivity contribution in [3.05, 3.63) is 32.3 Å². The summed E-state index contributed by atoms with van der Waals surface area (Å²) < 4.78 is 5.37. The Kier molecular flexibility index (Phi) is 4.12. The van der Waals surface area contributed by atoms with E-state index in [1.807, 2.05) is 0 Å². The Morgan fingerprint density at radius 2 is 2.25 bits per heavy atom. The molecule has 7 nitrogen and oxygen atoms in total. The lowest BCUT2D eigenvalue weighted by Crippen LogP contribution is -2.45. The van der Waals surface area contributed by atoms with E-state index in [0.717, 1.165) is 0 Å². The molecule has 20 heavy (non-hydrogen) atoms. The van der Waals surface area contributed by atoms with Gasteiger partial charge in [-0.1, -0.05) is 0 Å². The number of methoxy groups -OCH3 is 1. The molecule has 0 spiro atoms. The predicted octanol–water partition coefficient (Wildman–Crippen LogP) is 1.76. The van der Waals surface area contributed by atoms with Gasteiger partial charge in [0.15, 0.2) is 11.5 Å². The molecule has 1 amide bonds. The Morgan fingerprint density at radius 3 is 2.85 bits per heavy atom. The number of amides is 1. The van der Waals surface area contributed by atoms with Gasteiger partial charge in [0, 0.05) is 17.8 Å². The van der Waals surface area contributed by atoms with Crippen LogP contribution in [0, 0.1) is 10.1 Å². The van der Waals surface area contributed by atoms with Gasteiger partial charge in [0.25, 0.3) is 0 Å². The third-order valence-electron chi connectivity index (χ3n) is 3.27. The lowest BCUT2D eigenvalue weighted by molar-refractivity contribution is -0.529. The van der Waals surface area contributed by atoms with E-state index in [1.54, 1.807) is 6.07 Å². The van der Waals surface area contributed by atoms with E-state index in [4.69, 9.17) is 4.74 Å². The first-order valence-corrected chi connectivity index (χ1v) is 6.72. The highest BCUT2D eigenvalue weighted by Crippen LogP contribution is 2.38. The van der Waals surface area contributed by atoms with Gasteiger partial charge in [0.1, 0.15) is 6.04 Å². The first kappa shape index (κ1) is 14.6. The number of nitrogens with zero attached hydrogens (tertiary/aromatic N) is 1. The van der Waals surface area contributed by atoms with Crippen molar-refractivity contribution in [1.82, 2.24) is 5.32 Å². The normalized spacial score (nSPS) is 22.2. The number of nitro groups is 1. The van der Waals surface area contributed by atoms with Crippen LogP contribution in [-0.4, -0.2) is 29.1 Å². The van der Waals surface area contributed by atoms with Gasteiger partial charge in [0.2, 0.25) is 11.9 Å². The monoisotopic (exact) mass is 344 g/mol. The Hall–Kier alpha value is -1.83. The van der Waals surface area contributed by atoms with Crippen LogP contribution in [0.4, 0.5) is 0 Å². The molecule has 108 valence electrons. The Morgan fingerprint density at radius 1 is 1.55 bits per heavy atom. The van der Waals surface area contributed by atoms with Gasteiger partial charge in [-0.15, -0.1) is 0 Å². The molecule has 0 bridgehead atoms. The van der Waals surface area contributed by atoms with E-state index < -0.39 is 17.0 Å². The smallest absolute Gasteiger partial charge is 0.237 e. The number of carbonyl (C=O) groups excluding carboxylic acids is 1. The fourth-order valence-corrected chi connectivity index (χ4v) is 2.71. The van der Waals surface area contributed by atoms with E-state index in [2.05, 4.69) is 21.2 Å². The maximum absolute atomic E-state index is 11.5. The van der Waals surface area contributed by atoms with Crippen molar-refractivity contribution in [2.45, 2.75) is 24.9 Å². The van der Waals surface area contributed by atoms with Crippen LogP contribution in [0.15, 0.2) is 16.6 Å². The van der Waals surface area contributed by atoms with Crippen molar-refractivity contribution in [2.24, 2.45) is 0 Å². The van der Waals surface area contributed by atoms with Crippen molar-refractivity contribution < 1.29 is 19.6 Å². The minimum atomic E-state index is -0.895. The third kappa shape index (κ3) is 2.69. The molecule has 8 heteroatoms. The number of nitrogens with one attached hydrogen (secondary N) is 1. The summed E-state index contributed by atoms with van der Waals surface area (Å²) in [5, 5.41) is 23.5. The molecule has 0 aromatic heterocycles. The van der Waals surface area contributed by atoms with Crippen molar-refractivity contribution in [3.8, 4) is 11.5 Å². The second-order valence-corrected chi connectivity index (χ2v) is 5.34. The molecule has 0 saturated carbocycles. The lowest BCUT2D eigenvalue weighted by Gasteiger charge is -2.27. The number of carbonyl (C=O) groups is 1. The van der Waals surface area contributed by atoms with Crippen LogP contribution in [0.3, 0.4) is 0 Å². The Labute approximate surface area is 123 Å². The topological polar surface area (TPSA) is 102 Å². The van der Waals surface area contributed by atoms with Crippen molar-refractivity contribution in [1.29, 1.82) is 0 Å². The number of aromatic hydroxyl groups is 1. The molecule has 1 saturated heterocycles. The number of hydrogen-bond donors (Lipinski definition) is 2. The van der Waals surface area contributed by atoms with Gasteiger partial charge >= 0.3 is 0 Å². The van der Waals surface area contributed by atoms with Crippen molar-refractivity contribution in [2.75, 3.05) is 7.11 Å². The molecule has 0 aliphatic carbocycles. The zero-order valence-corrected chi connectivity index (χ0v) is 12.2. The molecule has 1 aromatic carbocycles.